The van der Waals surface area contributed by atoms with Crippen molar-refractivity contribution < 1.29 is 22.7 Å². The SMILES string of the molecule is C[C@H](N)C(=O)NCCOc1cccc(C(F)(F)F)c1. The summed E-state index contributed by atoms with van der Waals surface area (Å²) in [6, 6.07) is 3.92. The smallest absolute Gasteiger partial charge is 0.416 e. The number of amides is 1. The topological polar surface area (TPSA) is 64.4 Å². The van der Waals surface area contributed by atoms with Gasteiger partial charge in [-0.15, -0.1) is 0 Å². The van der Waals surface area contributed by atoms with E-state index in [4.69, 9.17) is 10.5 Å². The van der Waals surface area contributed by atoms with Crippen LogP contribution in [0.3, 0.4) is 0 Å². The van der Waals surface area contributed by atoms with Crippen molar-refractivity contribution in [2.45, 2.75) is 19.1 Å². The third-order valence-corrected chi connectivity index (χ3v) is 2.24. The minimum absolute atomic E-state index is 0.0692. The normalized spacial score (nSPS) is 12.9. The largest absolute Gasteiger partial charge is 0.492 e. The van der Waals surface area contributed by atoms with Crippen LogP contribution in [0.25, 0.3) is 0 Å². The molecule has 1 amide bonds. The lowest BCUT2D eigenvalue weighted by Gasteiger charge is -2.11. The minimum Gasteiger partial charge on any atom is -0.492 e. The summed E-state index contributed by atoms with van der Waals surface area (Å²) in [7, 11) is 0. The molecule has 1 aromatic rings. The van der Waals surface area contributed by atoms with Gasteiger partial charge in [0.05, 0.1) is 18.2 Å². The second-order valence-electron chi connectivity index (χ2n) is 3.95. The Labute approximate surface area is 108 Å². The van der Waals surface area contributed by atoms with E-state index in [0.29, 0.717) is 0 Å². The van der Waals surface area contributed by atoms with E-state index in [-0.39, 0.29) is 24.8 Å². The van der Waals surface area contributed by atoms with Crippen molar-refractivity contribution in [3.05, 3.63) is 29.8 Å². The molecule has 7 heteroatoms. The Kier molecular flexibility index (Phi) is 5.17. The van der Waals surface area contributed by atoms with Gasteiger partial charge in [-0.1, -0.05) is 6.07 Å². The molecule has 0 aromatic heterocycles. The van der Waals surface area contributed by atoms with Crippen molar-refractivity contribution in [1.29, 1.82) is 0 Å². The fourth-order valence-electron chi connectivity index (χ4n) is 1.27. The molecule has 106 valence electrons. The van der Waals surface area contributed by atoms with E-state index >= 15 is 0 Å². The number of ether oxygens (including phenoxy) is 1. The summed E-state index contributed by atoms with van der Waals surface area (Å²) in [4.78, 5) is 11.1. The number of hydrogen-bond donors (Lipinski definition) is 2. The minimum atomic E-state index is -4.40. The fourth-order valence-corrected chi connectivity index (χ4v) is 1.27. The number of alkyl halides is 3. The summed E-state index contributed by atoms with van der Waals surface area (Å²) in [5.41, 5.74) is 4.55. The molecule has 0 aliphatic rings. The molecule has 0 bridgehead atoms. The summed E-state index contributed by atoms with van der Waals surface area (Å²) in [6.07, 6.45) is -4.40. The Morgan fingerprint density at radius 1 is 1.47 bits per heavy atom. The molecular weight excluding hydrogens is 261 g/mol. The molecule has 0 saturated heterocycles. The number of halogens is 3. The van der Waals surface area contributed by atoms with Crippen LogP contribution in [-0.4, -0.2) is 25.1 Å². The lowest BCUT2D eigenvalue weighted by molar-refractivity contribution is -0.137. The van der Waals surface area contributed by atoms with Gasteiger partial charge in [-0.05, 0) is 25.1 Å². The highest BCUT2D eigenvalue weighted by Crippen LogP contribution is 2.31. The van der Waals surface area contributed by atoms with Crippen LogP contribution in [-0.2, 0) is 11.0 Å². The van der Waals surface area contributed by atoms with Crippen LogP contribution in [0, 0.1) is 0 Å². The van der Waals surface area contributed by atoms with Gasteiger partial charge in [-0.25, -0.2) is 0 Å². The molecule has 19 heavy (non-hydrogen) atoms. The zero-order valence-electron chi connectivity index (χ0n) is 10.3. The van der Waals surface area contributed by atoms with E-state index in [9.17, 15) is 18.0 Å². The Morgan fingerprint density at radius 3 is 2.74 bits per heavy atom. The first-order valence-electron chi connectivity index (χ1n) is 5.64. The number of carbonyl (C=O) groups is 1. The Bertz CT molecular complexity index is 433. The van der Waals surface area contributed by atoms with Crippen molar-refractivity contribution >= 4 is 5.91 Å². The van der Waals surface area contributed by atoms with Crippen LogP contribution >= 0.6 is 0 Å². The maximum absolute atomic E-state index is 12.4. The maximum Gasteiger partial charge on any atom is 0.416 e. The summed E-state index contributed by atoms with van der Waals surface area (Å²) < 4.78 is 42.4. The molecule has 0 radical (unpaired) electrons. The van der Waals surface area contributed by atoms with Gasteiger partial charge in [-0.2, -0.15) is 13.2 Å². The molecule has 1 rings (SSSR count). The van der Waals surface area contributed by atoms with Crippen LogP contribution in [0.4, 0.5) is 13.2 Å². The number of nitrogens with two attached hydrogens (primary N) is 1. The first-order chi connectivity index (χ1) is 8.80. The highest BCUT2D eigenvalue weighted by Gasteiger charge is 2.30. The van der Waals surface area contributed by atoms with Crippen molar-refractivity contribution in [2.75, 3.05) is 13.2 Å². The van der Waals surface area contributed by atoms with Crippen LogP contribution in [0.5, 0.6) is 5.75 Å². The molecule has 0 heterocycles. The van der Waals surface area contributed by atoms with Gasteiger partial charge in [0, 0.05) is 0 Å². The molecule has 0 aliphatic heterocycles. The monoisotopic (exact) mass is 276 g/mol. The third-order valence-electron chi connectivity index (χ3n) is 2.24. The summed E-state index contributed by atoms with van der Waals surface area (Å²) in [5, 5.41) is 2.49. The lowest BCUT2D eigenvalue weighted by Crippen LogP contribution is -2.40. The third kappa shape index (κ3) is 5.17. The average molecular weight is 276 g/mol. The number of rotatable bonds is 5. The summed E-state index contributed by atoms with van der Waals surface area (Å²) in [6.45, 7) is 1.78. The van der Waals surface area contributed by atoms with E-state index in [0.717, 1.165) is 12.1 Å². The Hall–Kier alpha value is -1.76. The number of hydrogen-bond acceptors (Lipinski definition) is 3. The van der Waals surface area contributed by atoms with Crippen molar-refractivity contribution in [2.24, 2.45) is 5.73 Å². The lowest BCUT2D eigenvalue weighted by atomic mass is 10.2. The zero-order valence-corrected chi connectivity index (χ0v) is 10.3. The van der Waals surface area contributed by atoms with Crippen molar-refractivity contribution in [3.63, 3.8) is 0 Å². The predicted octanol–water partition coefficient (Wildman–Crippen LogP) is 1.55. The fraction of sp³-hybridized carbons (Fsp3) is 0.417. The van der Waals surface area contributed by atoms with E-state index < -0.39 is 17.8 Å². The molecule has 0 fully saturated rings. The number of benzene rings is 1. The highest BCUT2D eigenvalue weighted by atomic mass is 19.4. The zero-order chi connectivity index (χ0) is 14.5. The number of nitrogens with one attached hydrogen (secondary N) is 1. The second-order valence-corrected chi connectivity index (χ2v) is 3.95. The quantitative estimate of drug-likeness (QED) is 0.802. The molecule has 4 nitrogen and oxygen atoms in total. The van der Waals surface area contributed by atoms with Gasteiger partial charge in [0.25, 0.3) is 0 Å². The van der Waals surface area contributed by atoms with Gasteiger partial charge in [0.1, 0.15) is 12.4 Å². The Morgan fingerprint density at radius 2 is 2.16 bits per heavy atom. The molecular formula is C12H15F3N2O2. The predicted molar refractivity (Wildman–Crippen MR) is 63.6 cm³/mol. The standard InChI is InChI=1S/C12H15F3N2O2/c1-8(16)11(18)17-5-6-19-10-4-2-3-9(7-10)12(13,14)15/h2-4,7-8H,5-6,16H2,1H3,(H,17,18)/t8-/m0/s1. The number of carbonyl (C=O) groups excluding carboxylic acids is 1. The molecule has 3 N–H and O–H groups in total. The van der Waals surface area contributed by atoms with E-state index in [1.165, 1.54) is 19.1 Å². The maximum atomic E-state index is 12.4. The van der Waals surface area contributed by atoms with Gasteiger partial charge in [0.2, 0.25) is 5.91 Å². The van der Waals surface area contributed by atoms with E-state index in [2.05, 4.69) is 5.32 Å². The molecule has 1 aromatic carbocycles. The summed E-state index contributed by atoms with van der Waals surface area (Å²) in [5.74, 6) is -0.238. The Balaban J connectivity index is 2.44. The van der Waals surface area contributed by atoms with Crippen LogP contribution in [0.2, 0.25) is 0 Å². The average Bonchev–Trinajstić information content (AvgIpc) is 2.33. The first-order valence-corrected chi connectivity index (χ1v) is 5.64. The van der Waals surface area contributed by atoms with Crippen LogP contribution in [0.1, 0.15) is 12.5 Å². The van der Waals surface area contributed by atoms with Gasteiger partial charge < -0.3 is 15.8 Å². The highest BCUT2D eigenvalue weighted by molar-refractivity contribution is 5.80. The molecule has 0 unspecified atom stereocenters. The molecule has 0 aliphatic carbocycles. The van der Waals surface area contributed by atoms with Gasteiger partial charge in [0.15, 0.2) is 0 Å². The van der Waals surface area contributed by atoms with Gasteiger partial charge in [-0.3, -0.25) is 4.79 Å². The summed E-state index contributed by atoms with van der Waals surface area (Å²) >= 11 is 0. The van der Waals surface area contributed by atoms with Crippen LogP contribution in [0.15, 0.2) is 24.3 Å². The van der Waals surface area contributed by atoms with E-state index in [1.807, 2.05) is 0 Å². The van der Waals surface area contributed by atoms with E-state index in [1.54, 1.807) is 0 Å². The second kappa shape index (κ2) is 6.42. The first kappa shape index (κ1) is 15.3. The van der Waals surface area contributed by atoms with Crippen LogP contribution < -0.4 is 15.8 Å². The molecule has 0 saturated carbocycles. The molecule has 0 spiro atoms. The van der Waals surface area contributed by atoms with Crippen molar-refractivity contribution in [3.8, 4) is 5.75 Å². The molecule has 1 atom stereocenters. The van der Waals surface area contributed by atoms with Crippen molar-refractivity contribution in [1.82, 2.24) is 5.32 Å². The van der Waals surface area contributed by atoms with Gasteiger partial charge >= 0.3 is 6.18 Å².